The number of rotatable bonds is 3. The molecule has 2 rings (SSSR count). The summed E-state index contributed by atoms with van der Waals surface area (Å²) in [6.45, 7) is 4.89. The molecule has 1 aliphatic heterocycles. The van der Waals surface area contributed by atoms with Gasteiger partial charge in [0.25, 0.3) is 0 Å². The van der Waals surface area contributed by atoms with E-state index in [1.807, 2.05) is 5.38 Å². The molecule has 0 bridgehead atoms. The van der Waals surface area contributed by atoms with Crippen molar-refractivity contribution in [3.05, 3.63) is 16.6 Å². The van der Waals surface area contributed by atoms with Gasteiger partial charge >= 0.3 is 0 Å². The Morgan fingerprint density at radius 1 is 1.61 bits per heavy atom. The molecule has 1 aliphatic rings. The lowest BCUT2D eigenvalue weighted by atomic mass is 10.1. The smallest absolute Gasteiger partial charge is 0.244 e. The summed E-state index contributed by atoms with van der Waals surface area (Å²) in [5, 5.41) is 5.65. The largest absolute Gasteiger partial charge is 0.345 e. The third-order valence-electron chi connectivity index (χ3n) is 3.04. The number of hydrogen-bond acceptors (Lipinski definition) is 4. The molecule has 1 N–H and O–H groups in total. The standard InChI is InChI=1S/C12H17N3O2S/c1-8(11-13-4-6-18-11)7-15-5-3-10(16)14-9(2)12(15)17/h4,6,8-9H,3,5,7H2,1-2H3,(H,14,16). The second-order valence-corrected chi connectivity index (χ2v) is 5.52. The predicted molar refractivity (Wildman–Crippen MR) is 69.3 cm³/mol. The number of hydrogen-bond donors (Lipinski definition) is 1. The van der Waals surface area contributed by atoms with E-state index < -0.39 is 6.04 Å². The van der Waals surface area contributed by atoms with E-state index >= 15 is 0 Å². The zero-order valence-corrected chi connectivity index (χ0v) is 11.4. The first-order valence-electron chi connectivity index (χ1n) is 6.05. The number of nitrogens with one attached hydrogen (secondary N) is 1. The van der Waals surface area contributed by atoms with Gasteiger partial charge < -0.3 is 10.2 Å². The molecule has 0 spiro atoms. The van der Waals surface area contributed by atoms with Crippen molar-refractivity contribution in [2.45, 2.75) is 32.2 Å². The summed E-state index contributed by atoms with van der Waals surface area (Å²) in [4.78, 5) is 29.5. The Hall–Kier alpha value is -1.43. The average Bonchev–Trinajstić information content (AvgIpc) is 2.83. The Labute approximate surface area is 110 Å². The summed E-state index contributed by atoms with van der Waals surface area (Å²) in [5.41, 5.74) is 0. The van der Waals surface area contributed by atoms with E-state index in [0.717, 1.165) is 5.01 Å². The molecule has 1 saturated heterocycles. The van der Waals surface area contributed by atoms with Crippen LogP contribution in [-0.4, -0.2) is 40.8 Å². The highest BCUT2D eigenvalue weighted by atomic mass is 32.1. The van der Waals surface area contributed by atoms with Gasteiger partial charge in [-0.3, -0.25) is 9.59 Å². The number of nitrogens with zero attached hydrogens (tertiary/aromatic N) is 2. The molecule has 5 nitrogen and oxygen atoms in total. The van der Waals surface area contributed by atoms with E-state index in [1.54, 1.807) is 29.4 Å². The van der Waals surface area contributed by atoms with Crippen LogP contribution in [0.1, 0.15) is 31.2 Å². The molecule has 0 aromatic carbocycles. The number of thiazole rings is 1. The van der Waals surface area contributed by atoms with Crippen molar-refractivity contribution in [1.82, 2.24) is 15.2 Å². The van der Waals surface area contributed by atoms with Crippen LogP contribution in [-0.2, 0) is 9.59 Å². The molecule has 6 heteroatoms. The van der Waals surface area contributed by atoms with Crippen LogP contribution in [0, 0.1) is 0 Å². The zero-order chi connectivity index (χ0) is 13.1. The highest BCUT2D eigenvalue weighted by Crippen LogP contribution is 2.19. The van der Waals surface area contributed by atoms with Gasteiger partial charge in [-0.1, -0.05) is 6.92 Å². The number of carbonyl (C=O) groups excluding carboxylic acids is 2. The van der Waals surface area contributed by atoms with Gasteiger partial charge in [0, 0.05) is 37.0 Å². The summed E-state index contributed by atoms with van der Waals surface area (Å²) >= 11 is 1.60. The molecule has 1 aromatic heterocycles. The number of amides is 2. The van der Waals surface area contributed by atoms with Gasteiger partial charge in [-0.15, -0.1) is 11.3 Å². The lowest BCUT2D eigenvalue weighted by molar-refractivity contribution is -0.133. The van der Waals surface area contributed by atoms with Crippen LogP contribution >= 0.6 is 11.3 Å². The van der Waals surface area contributed by atoms with Crippen LogP contribution in [0.4, 0.5) is 0 Å². The minimum Gasteiger partial charge on any atom is -0.345 e. The van der Waals surface area contributed by atoms with Crippen LogP contribution < -0.4 is 5.32 Å². The fourth-order valence-corrected chi connectivity index (χ4v) is 2.75. The van der Waals surface area contributed by atoms with Crippen molar-refractivity contribution >= 4 is 23.2 Å². The number of carbonyl (C=O) groups is 2. The fourth-order valence-electron chi connectivity index (χ4n) is 2.06. The van der Waals surface area contributed by atoms with Crippen molar-refractivity contribution in [2.24, 2.45) is 0 Å². The summed E-state index contributed by atoms with van der Waals surface area (Å²) in [6, 6.07) is -0.427. The van der Waals surface area contributed by atoms with Gasteiger partial charge in [0.15, 0.2) is 0 Å². The summed E-state index contributed by atoms with van der Waals surface area (Å²) in [5.74, 6) is 0.138. The van der Waals surface area contributed by atoms with Crippen LogP contribution in [0.25, 0.3) is 0 Å². The molecule has 2 unspecified atom stereocenters. The van der Waals surface area contributed by atoms with E-state index in [1.165, 1.54) is 0 Å². The van der Waals surface area contributed by atoms with Crippen LogP contribution in [0.15, 0.2) is 11.6 Å². The van der Waals surface area contributed by atoms with Gasteiger partial charge in [-0.25, -0.2) is 4.98 Å². The molecule has 1 fully saturated rings. The van der Waals surface area contributed by atoms with Gasteiger partial charge in [-0.2, -0.15) is 0 Å². The van der Waals surface area contributed by atoms with Crippen molar-refractivity contribution in [3.8, 4) is 0 Å². The zero-order valence-electron chi connectivity index (χ0n) is 10.5. The molecule has 2 amide bonds. The van der Waals surface area contributed by atoms with Gasteiger partial charge in [0.05, 0.1) is 5.01 Å². The van der Waals surface area contributed by atoms with E-state index in [0.29, 0.717) is 19.5 Å². The molecule has 0 aliphatic carbocycles. The second-order valence-electron chi connectivity index (χ2n) is 4.59. The van der Waals surface area contributed by atoms with E-state index in [9.17, 15) is 9.59 Å². The summed E-state index contributed by atoms with van der Waals surface area (Å²) < 4.78 is 0. The van der Waals surface area contributed by atoms with Gasteiger partial charge in [0.2, 0.25) is 11.8 Å². The molecular formula is C12H17N3O2S. The highest BCUT2D eigenvalue weighted by Gasteiger charge is 2.27. The molecular weight excluding hydrogens is 250 g/mol. The Kier molecular flexibility index (Phi) is 3.96. The molecule has 1 aromatic rings. The van der Waals surface area contributed by atoms with Crippen molar-refractivity contribution in [2.75, 3.05) is 13.1 Å². The Morgan fingerprint density at radius 2 is 2.39 bits per heavy atom. The highest BCUT2D eigenvalue weighted by molar-refractivity contribution is 7.09. The first-order chi connectivity index (χ1) is 8.58. The van der Waals surface area contributed by atoms with E-state index in [-0.39, 0.29) is 17.7 Å². The second kappa shape index (κ2) is 5.48. The molecule has 2 atom stereocenters. The Balaban J connectivity index is 2.03. The molecule has 2 heterocycles. The minimum absolute atomic E-state index is 0.00995. The first kappa shape index (κ1) is 13.0. The topological polar surface area (TPSA) is 62.3 Å². The first-order valence-corrected chi connectivity index (χ1v) is 6.93. The normalized spacial score (nSPS) is 22.6. The monoisotopic (exact) mass is 267 g/mol. The van der Waals surface area contributed by atoms with Crippen molar-refractivity contribution in [1.29, 1.82) is 0 Å². The third kappa shape index (κ3) is 2.87. The van der Waals surface area contributed by atoms with Gasteiger partial charge in [-0.05, 0) is 6.92 Å². The minimum atomic E-state index is -0.427. The Bertz CT molecular complexity index is 433. The lowest BCUT2D eigenvalue weighted by Crippen LogP contribution is -2.43. The van der Waals surface area contributed by atoms with E-state index in [4.69, 9.17) is 0 Å². The lowest BCUT2D eigenvalue weighted by Gasteiger charge is -2.24. The van der Waals surface area contributed by atoms with Crippen molar-refractivity contribution < 1.29 is 9.59 Å². The molecule has 0 radical (unpaired) electrons. The maximum absolute atomic E-state index is 12.1. The number of aromatic nitrogens is 1. The van der Waals surface area contributed by atoms with Gasteiger partial charge in [0.1, 0.15) is 6.04 Å². The maximum atomic E-state index is 12.1. The van der Waals surface area contributed by atoms with Crippen LogP contribution in [0.3, 0.4) is 0 Å². The average molecular weight is 267 g/mol. The molecule has 0 saturated carbocycles. The molecule has 98 valence electrons. The quantitative estimate of drug-likeness (QED) is 0.888. The Morgan fingerprint density at radius 3 is 3.06 bits per heavy atom. The van der Waals surface area contributed by atoms with Crippen LogP contribution in [0.2, 0.25) is 0 Å². The van der Waals surface area contributed by atoms with E-state index in [2.05, 4.69) is 17.2 Å². The fraction of sp³-hybridized carbons (Fsp3) is 0.583. The van der Waals surface area contributed by atoms with Crippen LogP contribution in [0.5, 0.6) is 0 Å². The third-order valence-corrected chi connectivity index (χ3v) is 4.04. The summed E-state index contributed by atoms with van der Waals surface area (Å²) in [7, 11) is 0. The maximum Gasteiger partial charge on any atom is 0.244 e. The predicted octanol–water partition coefficient (Wildman–Crippen LogP) is 0.984. The SMILES string of the molecule is CC1NC(=O)CCN(CC(C)c2nccs2)C1=O. The summed E-state index contributed by atoms with van der Waals surface area (Å²) in [6.07, 6.45) is 2.15. The van der Waals surface area contributed by atoms with Crippen molar-refractivity contribution in [3.63, 3.8) is 0 Å². The molecule has 18 heavy (non-hydrogen) atoms.